The molecular weight excluding hydrogens is 231 g/mol. The Morgan fingerprint density at radius 1 is 1.44 bits per heavy atom. The largest absolute Gasteiger partial charge is 0.366 e. The summed E-state index contributed by atoms with van der Waals surface area (Å²) in [5.74, 6) is 1.18. The highest BCUT2D eigenvalue weighted by Crippen LogP contribution is 2.34. The summed E-state index contributed by atoms with van der Waals surface area (Å²) in [7, 11) is 0. The van der Waals surface area contributed by atoms with E-state index in [0.717, 1.165) is 36.3 Å². The summed E-state index contributed by atoms with van der Waals surface area (Å²) < 4.78 is 15.0. The molecule has 4 nitrogen and oxygen atoms in total. The molecule has 1 aromatic heterocycles. The molecule has 1 atom stereocenters. The third-order valence-electron chi connectivity index (χ3n) is 3.50. The number of hydrogen-bond donors (Lipinski definition) is 1. The number of nitrogens with zero attached hydrogens (tertiary/aromatic N) is 3. The Balaban J connectivity index is 2.07. The molecule has 94 valence electrons. The second-order valence-electron chi connectivity index (χ2n) is 4.75. The van der Waals surface area contributed by atoms with Crippen molar-refractivity contribution in [1.29, 1.82) is 0 Å². The fourth-order valence-electron chi connectivity index (χ4n) is 2.69. The van der Waals surface area contributed by atoms with Crippen molar-refractivity contribution in [3.63, 3.8) is 0 Å². The Hall–Kier alpha value is -1.91. The Morgan fingerprint density at radius 2 is 2.28 bits per heavy atom. The molecular formula is C13H15FN4. The van der Waals surface area contributed by atoms with Crippen LogP contribution in [0.1, 0.15) is 35.7 Å². The van der Waals surface area contributed by atoms with Gasteiger partial charge in [-0.25, -0.2) is 9.07 Å². The van der Waals surface area contributed by atoms with E-state index in [-0.39, 0.29) is 11.7 Å². The third kappa shape index (κ3) is 1.75. The molecule has 2 N–H and O–H groups in total. The maximum Gasteiger partial charge on any atom is 0.239 e. The van der Waals surface area contributed by atoms with E-state index in [9.17, 15) is 4.39 Å². The van der Waals surface area contributed by atoms with Gasteiger partial charge in [0.15, 0.2) is 0 Å². The number of nitrogen functional groups attached to an aromatic ring is 1. The zero-order chi connectivity index (χ0) is 12.7. The molecule has 1 aliphatic heterocycles. The topological polar surface area (TPSA) is 56.7 Å². The fourth-order valence-corrected chi connectivity index (χ4v) is 2.69. The van der Waals surface area contributed by atoms with E-state index in [2.05, 4.69) is 10.1 Å². The number of nitrogens with two attached hydrogens (primary N) is 1. The van der Waals surface area contributed by atoms with Gasteiger partial charge in [-0.1, -0.05) is 6.07 Å². The lowest BCUT2D eigenvalue weighted by Gasteiger charge is -2.23. The Labute approximate surface area is 105 Å². The van der Waals surface area contributed by atoms with Crippen molar-refractivity contribution in [2.24, 2.45) is 0 Å². The minimum atomic E-state index is -0.201. The molecule has 1 aromatic carbocycles. The molecule has 2 aromatic rings. The smallest absolute Gasteiger partial charge is 0.239 e. The molecule has 0 fully saturated rings. The number of benzene rings is 1. The van der Waals surface area contributed by atoms with Gasteiger partial charge in [0.2, 0.25) is 5.95 Å². The first-order chi connectivity index (χ1) is 8.65. The molecule has 0 amide bonds. The highest BCUT2D eigenvalue weighted by atomic mass is 19.1. The molecule has 18 heavy (non-hydrogen) atoms. The van der Waals surface area contributed by atoms with Crippen LogP contribution in [0.15, 0.2) is 18.2 Å². The summed E-state index contributed by atoms with van der Waals surface area (Å²) >= 11 is 0. The molecule has 2 heterocycles. The van der Waals surface area contributed by atoms with Crippen LogP contribution in [0.2, 0.25) is 0 Å². The number of hydrogen-bond acceptors (Lipinski definition) is 3. The SMILES string of the molecule is Cc1cc(F)ccc1C1CCCn2nc(N)nc21. The van der Waals surface area contributed by atoms with E-state index in [1.54, 1.807) is 6.07 Å². The summed E-state index contributed by atoms with van der Waals surface area (Å²) in [6.45, 7) is 2.79. The Bertz CT molecular complexity index is 591. The van der Waals surface area contributed by atoms with E-state index >= 15 is 0 Å². The molecule has 0 saturated carbocycles. The van der Waals surface area contributed by atoms with Crippen molar-refractivity contribution in [2.45, 2.75) is 32.2 Å². The molecule has 0 saturated heterocycles. The Morgan fingerprint density at radius 3 is 3.06 bits per heavy atom. The molecule has 1 aliphatic rings. The van der Waals surface area contributed by atoms with Crippen LogP contribution in [0.25, 0.3) is 0 Å². The van der Waals surface area contributed by atoms with Crippen LogP contribution in [-0.2, 0) is 6.54 Å². The van der Waals surface area contributed by atoms with Gasteiger partial charge < -0.3 is 5.73 Å². The van der Waals surface area contributed by atoms with Crippen LogP contribution >= 0.6 is 0 Å². The van der Waals surface area contributed by atoms with E-state index in [0.29, 0.717) is 5.95 Å². The van der Waals surface area contributed by atoms with Gasteiger partial charge in [-0.05, 0) is 43.0 Å². The summed E-state index contributed by atoms with van der Waals surface area (Å²) in [4.78, 5) is 4.31. The fraction of sp³-hybridized carbons (Fsp3) is 0.385. The average molecular weight is 246 g/mol. The second kappa shape index (κ2) is 4.08. The maximum atomic E-state index is 13.2. The van der Waals surface area contributed by atoms with Gasteiger partial charge >= 0.3 is 0 Å². The number of fused-ring (bicyclic) bond motifs is 1. The van der Waals surface area contributed by atoms with Crippen molar-refractivity contribution in [2.75, 3.05) is 5.73 Å². The highest BCUT2D eigenvalue weighted by Gasteiger charge is 2.26. The van der Waals surface area contributed by atoms with E-state index in [4.69, 9.17) is 5.73 Å². The lowest BCUT2D eigenvalue weighted by atomic mass is 9.88. The van der Waals surface area contributed by atoms with Crippen LogP contribution in [0.3, 0.4) is 0 Å². The van der Waals surface area contributed by atoms with Crippen LogP contribution in [0, 0.1) is 12.7 Å². The van der Waals surface area contributed by atoms with Crippen LogP contribution < -0.4 is 5.73 Å². The van der Waals surface area contributed by atoms with Gasteiger partial charge in [0.1, 0.15) is 11.6 Å². The van der Waals surface area contributed by atoms with Crippen LogP contribution in [0.4, 0.5) is 10.3 Å². The van der Waals surface area contributed by atoms with E-state index in [1.807, 2.05) is 17.7 Å². The van der Waals surface area contributed by atoms with Crippen molar-refractivity contribution in [3.8, 4) is 0 Å². The summed E-state index contributed by atoms with van der Waals surface area (Å²) in [5, 5.41) is 4.18. The van der Waals surface area contributed by atoms with Gasteiger partial charge in [-0.15, -0.1) is 5.10 Å². The highest BCUT2D eigenvalue weighted by molar-refractivity contribution is 5.35. The first kappa shape index (κ1) is 11.2. The number of anilines is 1. The van der Waals surface area contributed by atoms with Gasteiger partial charge in [0.25, 0.3) is 0 Å². The van der Waals surface area contributed by atoms with E-state index < -0.39 is 0 Å². The molecule has 0 spiro atoms. The number of rotatable bonds is 1. The lowest BCUT2D eigenvalue weighted by molar-refractivity contribution is 0.445. The van der Waals surface area contributed by atoms with Crippen molar-refractivity contribution < 1.29 is 4.39 Å². The van der Waals surface area contributed by atoms with Crippen molar-refractivity contribution in [1.82, 2.24) is 14.8 Å². The lowest BCUT2D eigenvalue weighted by Crippen LogP contribution is -2.18. The standard InChI is InChI=1S/C13H15FN4/c1-8-7-9(14)4-5-10(8)11-3-2-6-18-12(11)16-13(15)17-18/h4-5,7,11H,2-3,6H2,1H3,(H2,15,17). The quantitative estimate of drug-likeness (QED) is 0.839. The Kier molecular flexibility index (Phi) is 2.54. The zero-order valence-corrected chi connectivity index (χ0v) is 10.2. The monoisotopic (exact) mass is 246 g/mol. The number of halogens is 1. The molecule has 1 unspecified atom stereocenters. The zero-order valence-electron chi connectivity index (χ0n) is 10.2. The second-order valence-corrected chi connectivity index (χ2v) is 4.75. The van der Waals surface area contributed by atoms with Crippen molar-refractivity contribution in [3.05, 3.63) is 41.0 Å². The predicted octanol–water partition coefficient (Wildman–Crippen LogP) is 2.23. The first-order valence-corrected chi connectivity index (χ1v) is 6.11. The third-order valence-corrected chi connectivity index (χ3v) is 3.50. The molecule has 0 radical (unpaired) electrons. The van der Waals surface area contributed by atoms with Gasteiger partial charge in [0, 0.05) is 12.5 Å². The maximum absolute atomic E-state index is 13.2. The van der Waals surface area contributed by atoms with Crippen LogP contribution in [0.5, 0.6) is 0 Å². The minimum Gasteiger partial charge on any atom is -0.366 e. The first-order valence-electron chi connectivity index (χ1n) is 6.11. The van der Waals surface area contributed by atoms with Crippen LogP contribution in [-0.4, -0.2) is 14.8 Å². The summed E-state index contributed by atoms with van der Waals surface area (Å²) in [6, 6.07) is 4.91. The molecule has 5 heteroatoms. The molecule has 0 aliphatic carbocycles. The van der Waals surface area contributed by atoms with Gasteiger partial charge in [-0.2, -0.15) is 4.98 Å². The van der Waals surface area contributed by atoms with E-state index in [1.165, 1.54) is 6.07 Å². The predicted molar refractivity (Wildman–Crippen MR) is 66.6 cm³/mol. The summed E-state index contributed by atoms with van der Waals surface area (Å²) in [5.41, 5.74) is 7.73. The average Bonchev–Trinajstić information content (AvgIpc) is 2.69. The number of aryl methyl sites for hydroxylation is 2. The molecule has 3 rings (SSSR count). The normalized spacial score (nSPS) is 18.7. The van der Waals surface area contributed by atoms with Gasteiger partial charge in [-0.3, -0.25) is 0 Å². The van der Waals surface area contributed by atoms with Gasteiger partial charge in [0.05, 0.1) is 0 Å². The minimum absolute atomic E-state index is 0.171. The molecule has 0 bridgehead atoms. The summed E-state index contributed by atoms with van der Waals surface area (Å²) in [6.07, 6.45) is 2.04. The van der Waals surface area contributed by atoms with Crippen molar-refractivity contribution >= 4 is 5.95 Å². The number of aromatic nitrogens is 3.